The third-order valence-corrected chi connectivity index (χ3v) is 4.41. The molecule has 0 aromatic carbocycles. The first-order valence-corrected chi connectivity index (χ1v) is 9.03. The second kappa shape index (κ2) is 11.8. The molecule has 3 nitrogen and oxygen atoms in total. The maximum Gasteiger partial charge on any atom is 0.223 e. The number of unbranched alkanes of at least 4 members (excludes halogenated alkanes) is 9. The van der Waals surface area contributed by atoms with E-state index in [0.717, 1.165) is 13.0 Å². The lowest BCUT2D eigenvalue weighted by Crippen LogP contribution is -2.31. The topological polar surface area (TPSA) is 37.4 Å². The second-order valence-corrected chi connectivity index (χ2v) is 6.35. The van der Waals surface area contributed by atoms with Gasteiger partial charge in [0.1, 0.15) is 5.78 Å². The minimum Gasteiger partial charge on any atom is -0.342 e. The van der Waals surface area contributed by atoms with Gasteiger partial charge in [-0.25, -0.2) is 0 Å². The first kappa shape index (κ1) is 18.2. The van der Waals surface area contributed by atoms with Gasteiger partial charge in [-0.15, -0.1) is 0 Å². The molecule has 3 heteroatoms. The highest BCUT2D eigenvalue weighted by atomic mass is 16.2. The van der Waals surface area contributed by atoms with Crippen LogP contribution in [0.5, 0.6) is 0 Å². The third kappa shape index (κ3) is 8.90. The average molecular weight is 295 g/mol. The van der Waals surface area contributed by atoms with E-state index in [1.165, 1.54) is 57.8 Å². The summed E-state index contributed by atoms with van der Waals surface area (Å²) in [6, 6.07) is 0. The Morgan fingerprint density at radius 2 is 1.33 bits per heavy atom. The summed E-state index contributed by atoms with van der Waals surface area (Å²) in [5.41, 5.74) is 0. The molecule has 0 aliphatic carbocycles. The van der Waals surface area contributed by atoms with Gasteiger partial charge in [-0.1, -0.05) is 64.7 Å². The first-order valence-electron chi connectivity index (χ1n) is 9.03. The van der Waals surface area contributed by atoms with Crippen LogP contribution in [0.1, 0.15) is 90.4 Å². The molecule has 0 aromatic heterocycles. The standard InChI is InChI=1S/C18H33NO2/c1-2-3-4-5-6-7-8-9-10-11-15-19-16-14-17(20)12-13-18(19)21/h2-16H2,1H3. The van der Waals surface area contributed by atoms with Crippen LogP contribution < -0.4 is 0 Å². The van der Waals surface area contributed by atoms with Gasteiger partial charge in [-0.3, -0.25) is 9.59 Å². The predicted octanol–water partition coefficient (Wildman–Crippen LogP) is 4.49. The van der Waals surface area contributed by atoms with Crippen LogP contribution in [0.25, 0.3) is 0 Å². The zero-order valence-electron chi connectivity index (χ0n) is 13.9. The molecule has 1 aliphatic heterocycles. The minimum atomic E-state index is 0.178. The zero-order chi connectivity index (χ0) is 15.3. The number of likely N-dealkylation sites (tertiary alicyclic amines) is 1. The van der Waals surface area contributed by atoms with Crippen LogP contribution in [-0.2, 0) is 9.59 Å². The van der Waals surface area contributed by atoms with Gasteiger partial charge in [-0.05, 0) is 6.42 Å². The summed E-state index contributed by atoms with van der Waals surface area (Å²) in [7, 11) is 0. The van der Waals surface area contributed by atoms with Crippen molar-refractivity contribution in [2.75, 3.05) is 13.1 Å². The van der Waals surface area contributed by atoms with Crippen molar-refractivity contribution in [3.8, 4) is 0 Å². The molecule has 1 saturated heterocycles. The van der Waals surface area contributed by atoms with Gasteiger partial charge >= 0.3 is 0 Å². The maximum atomic E-state index is 11.8. The molecule has 1 aliphatic rings. The largest absolute Gasteiger partial charge is 0.342 e. The average Bonchev–Trinajstić information content (AvgIpc) is 2.64. The highest BCUT2D eigenvalue weighted by Crippen LogP contribution is 2.13. The Morgan fingerprint density at radius 3 is 1.95 bits per heavy atom. The molecular weight excluding hydrogens is 262 g/mol. The summed E-state index contributed by atoms with van der Waals surface area (Å²) in [5, 5.41) is 0. The van der Waals surface area contributed by atoms with Gasteiger partial charge in [0.25, 0.3) is 0 Å². The molecule has 21 heavy (non-hydrogen) atoms. The highest BCUT2D eigenvalue weighted by molar-refractivity contribution is 5.87. The van der Waals surface area contributed by atoms with Crippen molar-refractivity contribution in [2.45, 2.75) is 90.4 Å². The Morgan fingerprint density at radius 1 is 0.762 bits per heavy atom. The fourth-order valence-corrected chi connectivity index (χ4v) is 2.94. The quantitative estimate of drug-likeness (QED) is 0.527. The fourth-order valence-electron chi connectivity index (χ4n) is 2.94. The van der Waals surface area contributed by atoms with E-state index in [1.807, 2.05) is 4.90 Å². The highest BCUT2D eigenvalue weighted by Gasteiger charge is 2.19. The third-order valence-electron chi connectivity index (χ3n) is 4.41. The van der Waals surface area contributed by atoms with E-state index in [1.54, 1.807) is 0 Å². The van der Waals surface area contributed by atoms with Crippen molar-refractivity contribution in [1.82, 2.24) is 4.90 Å². The Balaban J connectivity index is 1.93. The lowest BCUT2D eigenvalue weighted by molar-refractivity contribution is -0.131. The van der Waals surface area contributed by atoms with Crippen molar-refractivity contribution in [3.63, 3.8) is 0 Å². The van der Waals surface area contributed by atoms with Crippen molar-refractivity contribution in [2.24, 2.45) is 0 Å². The number of ketones is 1. The summed E-state index contributed by atoms with van der Waals surface area (Å²) >= 11 is 0. The Labute approximate surface area is 130 Å². The zero-order valence-corrected chi connectivity index (χ0v) is 13.9. The maximum absolute atomic E-state index is 11.8. The van der Waals surface area contributed by atoms with Crippen LogP contribution in [0, 0.1) is 0 Å². The number of hydrogen-bond acceptors (Lipinski definition) is 2. The molecule has 0 atom stereocenters. The number of rotatable bonds is 11. The minimum absolute atomic E-state index is 0.178. The molecule has 1 heterocycles. The van der Waals surface area contributed by atoms with Gasteiger partial charge < -0.3 is 4.90 Å². The summed E-state index contributed by atoms with van der Waals surface area (Å²) in [6.45, 7) is 3.75. The molecule has 1 amide bonds. The predicted molar refractivity (Wildman–Crippen MR) is 87.3 cm³/mol. The number of Topliss-reactive ketones (excluding diaryl/α,β-unsaturated/α-hetero) is 1. The van der Waals surface area contributed by atoms with Crippen molar-refractivity contribution in [1.29, 1.82) is 0 Å². The normalized spacial score (nSPS) is 16.3. The van der Waals surface area contributed by atoms with Crippen molar-refractivity contribution in [3.05, 3.63) is 0 Å². The monoisotopic (exact) mass is 295 g/mol. The SMILES string of the molecule is CCCCCCCCCCCCN1CCC(=O)CCC1=O. The molecule has 1 rings (SSSR count). The molecule has 1 fully saturated rings. The first-order chi connectivity index (χ1) is 10.2. The van der Waals surface area contributed by atoms with Crippen LogP contribution in [0.2, 0.25) is 0 Å². The van der Waals surface area contributed by atoms with Gasteiger partial charge in [0.2, 0.25) is 5.91 Å². The Bertz CT molecular complexity index is 302. The lowest BCUT2D eigenvalue weighted by atomic mass is 10.1. The van der Waals surface area contributed by atoms with Crippen LogP contribution >= 0.6 is 0 Å². The molecule has 0 saturated carbocycles. The molecule has 122 valence electrons. The molecule has 0 aromatic rings. The second-order valence-electron chi connectivity index (χ2n) is 6.35. The van der Waals surface area contributed by atoms with E-state index >= 15 is 0 Å². The number of nitrogens with zero attached hydrogens (tertiary/aromatic N) is 1. The fraction of sp³-hybridized carbons (Fsp3) is 0.889. The van der Waals surface area contributed by atoms with Gasteiger partial charge in [-0.2, -0.15) is 0 Å². The molecule has 0 unspecified atom stereocenters. The van der Waals surface area contributed by atoms with Crippen LogP contribution in [-0.4, -0.2) is 29.7 Å². The lowest BCUT2D eigenvalue weighted by Gasteiger charge is -2.19. The summed E-state index contributed by atoms with van der Waals surface area (Å²) < 4.78 is 0. The number of carbonyl (C=O) groups is 2. The number of amides is 1. The van der Waals surface area contributed by atoms with E-state index in [0.29, 0.717) is 25.8 Å². The van der Waals surface area contributed by atoms with Gasteiger partial charge in [0.15, 0.2) is 0 Å². The van der Waals surface area contributed by atoms with Gasteiger partial charge in [0, 0.05) is 32.4 Å². The summed E-state index contributed by atoms with van der Waals surface area (Å²) in [5.74, 6) is 0.422. The van der Waals surface area contributed by atoms with E-state index in [9.17, 15) is 9.59 Å². The van der Waals surface area contributed by atoms with Crippen LogP contribution in [0.15, 0.2) is 0 Å². The Kier molecular flexibility index (Phi) is 10.2. The Hall–Kier alpha value is -0.860. The van der Waals surface area contributed by atoms with E-state index in [-0.39, 0.29) is 11.7 Å². The summed E-state index contributed by atoms with van der Waals surface area (Å²) in [6.07, 6.45) is 14.6. The number of carbonyl (C=O) groups excluding carboxylic acids is 2. The molecule has 0 spiro atoms. The molecular formula is C18H33NO2. The molecule has 0 radical (unpaired) electrons. The van der Waals surface area contributed by atoms with E-state index in [2.05, 4.69) is 6.92 Å². The van der Waals surface area contributed by atoms with Crippen molar-refractivity contribution < 1.29 is 9.59 Å². The summed E-state index contributed by atoms with van der Waals surface area (Å²) in [4.78, 5) is 25.1. The van der Waals surface area contributed by atoms with E-state index in [4.69, 9.17) is 0 Å². The van der Waals surface area contributed by atoms with Crippen LogP contribution in [0.4, 0.5) is 0 Å². The molecule has 0 N–H and O–H groups in total. The molecule has 0 bridgehead atoms. The van der Waals surface area contributed by atoms with E-state index < -0.39 is 0 Å². The van der Waals surface area contributed by atoms with Crippen molar-refractivity contribution >= 4 is 11.7 Å². The van der Waals surface area contributed by atoms with Gasteiger partial charge in [0.05, 0.1) is 0 Å². The number of hydrogen-bond donors (Lipinski definition) is 0. The smallest absolute Gasteiger partial charge is 0.223 e. The van der Waals surface area contributed by atoms with Crippen LogP contribution in [0.3, 0.4) is 0 Å².